The molecule has 0 spiro atoms. The number of nitrogens with one attached hydrogen (secondary N) is 1. The maximum Gasteiger partial charge on any atom is 0.247 e. The molecule has 0 saturated carbocycles. The number of aryl methyl sites for hydroxylation is 1. The standard InChI is InChI=1S/C24H22FN3O/c1-17-7-9-18(10-8-17)15-16-26-22(19-11-13-21(25)14-12-19)24-28-27-23(29-24)20-5-3-2-4-6-20/h2-14,22,26H,15-16H2,1H3/t22-/m1/s1. The lowest BCUT2D eigenvalue weighted by atomic mass is 10.1. The number of halogens is 1. The van der Waals surface area contributed by atoms with E-state index in [4.69, 9.17) is 4.42 Å². The molecule has 4 rings (SSSR count). The Kier molecular flexibility index (Phi) is 5.77. The molecular formula is C24H22FN3O. The van der Waals surface area contributed by atoms with Gasteiger partial charge in [-0.15, -0.1) is 10.2 Å². The van der Waals surface area contributed by atoms with Gasteiger partial charge < -0.3 is 9.73 Å². The minimum Gasteiger partial charge on any atom is -0.419 e. The monoisotopic (exact) mass is 387 g/mol. The van der Waals surface area contributed by atoms with Gasteiger partial charge in [0.1, 0.15) is 11.9 Å². The predicted molar refractivity (Wildman–Crippen MR) is 111 cm³/mol. The Morgan fingerprint density at radius 3 is 2.34 bits per heavy atom. The van der Waals surface area contributed by atoms with E-state index in [2.05, 4.69) is 46.7 Å². The first kappa shape index (κ1) is 19.0. The molecular weight excluding hydrogens is 365 g/mol. The molecule has 0 fully saturated rings. The van der Waals surface area contributed by atoms with E-state index in [1.807, 2.05) is 30.3 Å². The topological polar surface area (TPSA) is 51.0 Å². The maximum atomic E-state index is 13.4. The van der Waals surface area contributed by atoms with Crippen LogP contribution in [0.1, 0.15) is 28.6 Å². The van der Waals surface area contributed by atoms with E-state index in [1.54, 1.807) is 12.1 Å². The number of hydrogen-bond donors (Lipinski definition) is 1. The van der Waals surface area contributed by atoms with Crippen molar-refractivity contribution in [2.45, 2.75) is 19.4 Å². The minimum atomic E-state index is -0.314. The molecule has 1 atom stereocenters. The number of nitrogens with zero attached hydrogens (tertiary/aromatic N) is 2. The molecule has 0 unspecified atom stereocenters. The van der Waals surface area contributed by atoms with Gasteiger partial charge in [0.05, 0.1) is 0 Å². The van der Waals surface area contributed by atoms with E-state index in [0.717, 1.165) is 17.5 Å². The summed E-state index contributed by atoms with van der Waals surface area (Å²) in [5.41, 5.74) is 4.23. The number of benzene rings is 3. The minimum absolute atomic E-state index is 0.275. The van der Waals surface area contributed by atoms with Crippen molar-refractivity contribution in [2.75, 3.05) is 6.54 Å². The lowest BCUT2D eigenvalue weighted by Crippen LogP contribution is -2.25. The van der Waals surface area contributed by atoms with Crippen molar-refractivity contribution < 1.29 is 8.81 Å². The van der Waals surface area contributed by atoms with Gasteiger partial charge >= 0.3 is 0 Å². The Morgan fingerprint density at radius 1 is 0.897 bits per heavy atom. The van der Waals surface area contributed by atoms with E-state index in [1.165, 1.54) is 23.3 Å². The van der Waals surface area contributed by atoms with Crippen LogP contribution < -0.4 is 5.32 Å². The molecule has 4 aromatic rings. The molecule has 1 heterocycles. The lowest BCUT2D eigenvalue weighted by molar-refractivity contribution is 0.440. The van der Waals surface area contributed by atoms with Crippen molar-refractivity contribution in [3.05, 3.63) is 107 Å². The molecule has 0 bridgehead atoms. The molecule has 0 saturated heterocycles. The van der Waals surface area contributed by atoms with Gasteiger partial charge in [0.2, 0.25) is 11.8 Å². The second-order valence-corrected chi connectivity index (χ2v) is 6.99. The van der Waals surface area contributed by atoms with Crippen molar-refractivity contribution in [2.24, 2.45) is 0 Å². The largest absolute Gasteiger partial charge is 0.419 e. The van der Waals surface area contributed by atoms with Crippen LogP contribution in [0.25, 0.3) is 11.5 Å². The third-order valence-electron chi connectivity index (χ3n) is 4.79. The van der Waals surface area contributed by atoms with Gasteiger partial charge in [-0.3, -0.25) is 0 Å². The van der Waals surface area contributed by atoms with E-state index in [9.17, 15) is 4.39 Å². The third kappa shape index (κ3) is 4.76. The van der Waals surface area contributed by atoms with Gasteiger partial charge in [0, 0.05) is 12.1 Å². The van der Waals surface area contributed by atoms with E-state index >= 15 is 0 Å². The zero-order valence-electron chi connectivity index (χ0n) is 16.2. The predicted octanol–water partition coefficient (Wildman–Crippen LogP) is 5.11. The summed E-state index contributed by atoms with van der Waals surface area (Å²) >= 11 is 0. The van der Waals surface area contributed by atoms with Crippen molar-refractivity contribution in [3.63, 3.8) is 0 Å². The Balaban J connectivity index is 1.54. The molecule has 0 radical (unpaired) electrons. The molecule has 1 N–H and O–H groups in total. The van der Waals surface area contributed by atoms with Gasteiger partial charge in [-0.05, 0) is 48.7 Å². The Bertz CT molecular complexity index is 1040. The molecule has 5 heteroatoms. The van der Waals surface area contributed by atoms with Gasteiger partial charge in [-0.1, -0.05) is 60.2 Å². The fourth-order valence-electron chi connectivity index (χ4n) is 3.17. The first-order valence-electron chi connectivity index (χ1n) is 9.62. The van der Waals surface area contributed by atoms with Crippen LogP contribution in [0.2, 0.25) is 0 Å². The summed E-state index contributed by atoms with van der Waals surface area (Å²) in [5, 5.41) is 11.9. The van der Waals surface area contributed by atoms with E-state index < -0.39 is 0 Å². The molecule has 146 valence electrons. The number of aromatic nitrogens is 2. The average molecular weight is 387 g/mol. The fourth-order valence-corrected chi connectivity index (χ4v) is 3.17. The molecule has 3 aromatic carbocycles. The first-order chi connectivity index (χ1) is 14.2. The number of hydrogen-bond acceptors (Lipinski definition) is 4. The highest BCUT2D eigenvalue weighted by Crippen LogP contribution is 2.25. The van der Waals surface area contributed by atoms with Crippen LogP contribution in [0.3, 0.4) is 0 Å². The molecule has 0 amide bonds. The molecule has 29 heavy (non-hydrogen) atoms. The van der Waals surface area contributed by atoms with Crippen LogP contribution in [0.4, 0.5) is 4.39 Å². The highest BCUT2D eigenvalue weighted by molar-refractivity contribution is 5.51. The van der Waals surface area contributed by atoms with Gasteiger partial charge in [0.15, 0.2) is 0 Å². The molecule has 1 aromatic heterocycles. The zero-order valence-corrected chi connectivity index (χ0v) is 16.2. The summed E-state index contributed by atoms with van der Waals surface area (Å²) in [6.07, 6.45) is 0.859. The third-order valence-corrected chi connectivity index (χ3v) is 4.79. The lowest BCUT2D eigenvalue weighted by Gasteiger charge is -2.16. The molecule has 0 aliphatic rings. The second-order valence-electron chi connectivity index (χ2n) is 6.99. The van der Waals surface area contributed by atoms with Crippen LogP contribution in [-0.2, 0) is 6.42 Å². The second kappa shape index (κ2) is 8.80. The van der Waals surface area contributed by atoms with Crippen LogP contribution >= 0.6 is 0 Å². The summed E-state index contributed by atoms with van der Waals surface area (Å²) in [6, 6.07) is 24.2. The van der Waals surface area contributed by atoms with E-state index in [0.29, 0.717) is 18.3 Å². The first-order valence-corrected chi connectivity index (χ1v) is 9.62. The molecule has 0 aliphatic heterocycles. The van der Waals surface area contributed by atoms with Crippen LogP contribution in [0.5, 0.6) is 0 Å². The van der Waals surface area contributed by atoms with Gasteiger partial charge in [-0.2, -0.15) is 0 Å². The van der Waals surface area contributed by atoms with Crippen LogP contribution in [-0.4, -0.2) is 16.7 Å². The zero-order chi connectivity index (χ0) is 20.1. The van der Waals surface area contributed by atoms with Crippen molar-refractivity contribution in [1.29, 1.82) is 0 Å². The maximum absolute atomic E-state index is 13.4. The summed E-state index contributed by atoms with van der Waals surface area (Å²) in [6.45, 7) is 2.79. The van der Waals surface area contributed by atoms with E-state index in [-0.39, 0.29) is 11.9 Å². The van der Waals surface area contributed by atoms with Crippen LogP contribution in [0.15, 0.2) is 83.3 Å². The fraction of sp³-hybridized carbons (Fsp3) is 0.167. The Hall–Kier alpha value is -3.31. The number of rotatable bonds is 7. The summed E-state index contributed by atoms with van der Waals surface area (Å²) in [4.78, 5) is 0. The average Bonchev–Trinajstić information content (AvgIpc) is 3.24. The van der Waals surface area contributed by atoms with Gasteiger partial charge in [0.25, 0.3) is 0 Å². The molecule has 0 aliphatic carbocycles. The summed E-state index contributed by atoms with van der Waals surface area (Å²) in [5.74, 6) is 0.648. The quantitative estimate of drug-likeness (QED) is 0.479. The summed E-state index contributed by atoms with van der Waals surface area (Å²) < 4.78 is 19.4. The highest BCUT2D eigenvalue weighted by Gasteiger charge is 2.21. The Labute approximate surface area is 169 Å². The van der Waals surface area contributed by atoms with Gasteiger partial charge in [-0.25, -0.2) is 4.39 Å². The van der Waals surface area contributed by atoms with Crippen LogP contribution in [0, 0.1) is 12.7 Å². The summed E-state index contributed by atoms with van der Waals surface area (Å²) in [7, 11) is 0. The Morgan fingerprint density at radius 2 is 1.62 bits per heavy atom. The van der Waals surface area contributed by atoms with Crippen molar-refractivity contribution in [1.82, 2.24) is 15.5 Å². The molecule has 4 nitrogen and oxygen atoms in total. The normalized spacial score (nSPS) is 12.1. The van der Waals surface area contributed by atoms with Crippen molar-refractivity contribution >= 4 is 0 Å². The smallest absolute Gasteiger partial charge is 0.247 e. The van der Waals surface area contributed by atoms with Crippen molar-refractivity contribution in [3.8, 4) is 11.5 Å². The highest BCUT2D eigenvalue weighted by atomic mass is 19.1. The SMILES string of the molecule is Cc1ccc(CCN[C@H](c2ccc(F)cc2)c2nnc(-c3ccccc3)o2)cc1.